The minimum atomic E-state index is -2.10. The van der Waals surface area contributed by atoms with Gasteiger partial charge >= 0.3 is 0 Å². The Labute approximate surface area is 252 Å². The second kappa shape index (κ2) is 12.7. The van der Waals surface area contributed by atoms with E-state index < -0.39 is 6.85 Å². The Morgan fingerprint density at radius 3 is 2.92 bits per heavy atom. The molecule has 0 spiro atoms. The van der Waals surface area contributed by atoms with Crippen molar-refractivity contribution in [3.63, 3.8) is 0 Å². The third-order valence-corrected chi connectivity index (χ3v) is 10.6. The third kappa shape index (κ3) is 5.90. The van der Waals surface area contributed by atoms with Crippen molar-refractivity contribution >= 4 is 17.5 Å². The smallest absolute Gasteiger partial charge is 0.171 e. The first-order chi connectivity index (χ1) is 19.3. The van der Waals surface area contributed by atoms with Gasteiger partial charge in [-0.1, -0.05) is 57.9 Å². The maximum absolute atomic E-state index is 7.69. The maximum Gasteiger partial charge on any atom is 0.171 e. The first-order valence-electron chi connectivity index (χ1n) is 16.1. The van der Waals surface area contributed by atoms with Crippen molar-refractivity contribution in [2.45, 2.75) is 90.8 Å². The number of fused-ring (bicyclic) bond motifs is 4. The summed E-state index contributed by atoms with van der Waals surface area (Å²) in [5, 5.41) is 9.59. The molecule has 7 atom stereocenters. The molecule has 6 heteroatoms. The van der Waals surface area contributed by atoms with Gasteiger partial charge in [-0.3, -0.25) is 11.1 Å². The number of rotatable bonds is 2. The topological polar surface area (TPSA) is 49.8 Å². The van der Waals surface area contributed by atoms with Crippen molar-refractivity contribution in [1.29, 1.82) is 0 Å². The van der Waals surface area contributed by atoms with Crippen molar-refractivity contribution in [2.24, 2.45) is 34.6 Å². The minimum absolute atomic E-state index is 0. The van der Waals surface area contributed by atoms with Crippen molar-refractivity contribution in [2.75, 3.05) is 18.8 Å². The second-order valence-electron chi connectivity index (χ2n) is 11.9. The molecule has 5 aliphatic heterocycles. The minimum Gasteiger partial charge on any atom is -0.769 e. The summed E-state index contributed by atoms with van der Waals surface area (Å²) in [5.41, 5.74) is 4.24. The van der Waals surface area contributed by atoms with E-state index >= 15 is 0 Å². The first-order valence-corrected chi connectivity index (χ1v) is 15.6. The summed E-state index contributed by atoms with van der Waals surface area (Å²) < 4.78 is 29.4. The van der Waals surface area contributed by atoms with Gasteiger partial charge in [0.1, 0.15) is 0 Å². The van der Waals surface area contributed by atoms with Crippen LogP contribution in [0.1, 0.15) is 82.6 Å². The number of aliphatic imine (C=N–C) groups is 1. The van der Waals surface area contributed by atoms with Gasteiger partial charge in [-0.2, -0.15) is 11.6 Å². The zero-order valence-corrected chi connectivity index (χ0v) is 26.0. The van der Waals surface area contributed by atoms with Gasteiger partial charge in [0.05, 0.1) is 0 Å². The van der Waals surface area contributed by atoms with Gasteiger partial charge in [0.25, 0.3) is 0 Å². The Morgan fingerprint density at radius 2 is 2.13 bits per heavy atom. The molecule has 211 valence electrons. The van der Waals surface area contributed by atoms with Gasteiger partial charge in [0.2, 0.25) is 0 Å². The fourth-order valence-corrected chi connectivity index (χ4v) is 8.44. The van der Waals surface area contributed by atoms with Crippen LogP contribution >= 0.6 is 11.8 Å². The first kappa shape index (κ1) is 24.8. The summed E-state index contributed by atoms with van der Waals surface area (Å²) in [7, 11) is 0. The summed E-state index contributed by atoms with van der Waals surface area (Å²) in [6.07, 6.45) is 19.8. The van der Waals surface area contributed by atoms with Gasteiger partial charge in [0, 0.05) is 41.6 Å². The number of allylic oxidation sites excluding steroid dienone is 4. The normalized spacial score (nSPS) is 39.1. The molecule has 2 saturated heterocycles. The molecule has 2 aliphatic carbocycles. The van der Waals surface area contributed by atoms with Crippen molar-refractivity contribution in [3.05, 3.63) is 62.8 Å². The van der Waals surface area contributed by atoms with Crippen molar-refractivity contribution in [1.82, 2.24) is 0 Å². The van der Waals surface area contributed by atoms with Crippen LogP contribution in [0.25, 0.3) is 10.6 Å². The molecule has 4 nitrogen and oxygen atoms in total. The molecule has 0 aromatic rings. The number of hydrogen-bond donors (Lipinski definition) is 0. The molecule has 0 amide bonds. The van der Waals surface area contributed by atoms with Crippen LogP contribution in [0.5, 0.6) is 0 Å². The average Bonchev–Trinajstić information content (AvgIpc) is 3.54. The quantitative estimate of drug-likeness (QED) is 0.271. The summed E-state index contributed by atoms with van der Waals surface area (Å²) in [4.78, 5) is 6.04. The fourth-order valence-electron chi connectivity index (χ4n) is 7.03. The number of nitrogens with zero attached hydrogens (tertiary/aromatic N) is 3. The predicted octanol–water partition coefficient (Wildman–Crippen LogP) is 8.31. The molecule has 2 fully saturated rings. The van der Waals surface area contributed by atoms with Crippen LogP contribution in [0.15, 0.2) is 44.7 Å². The van der Waals surface area contributed by atoms with Gasteiger partial charge < -0.3 is 21.1 Å². The van der Waals surface area contributed by atoms with Crippen LogP contribution in [0, 0.1) is 42.1 Å². The number of ether oxygens (including phenoxy) is 1. The third-order valence-electron chi connectivity index (χ3n) is 9.09. The van der Waals surface area contributed by atoms with E-state index in [4.69, 9.17) is 14.2 Å². The molecule has 0 aromatic heterocycles. The van der Waals surface area contributed by atoms with Crippen LogP contribution in [0.4, 0.5) is 0 Å². The van der Waals surface area contributed by atoms with E-state index in [1.54, 1.807) is 0 Å². The summed E-state index contributed by atoms with van der Waals surface area (Å²) in [6, 6.07) is 0.194. The fraction of sp³-hybridized carbons (Fsp3) is 0.688. The number of hydrogen-bond acceptors (Lipinski definition) is 3. The summed E-state index contributed by atoms with van der Waals surface area (Å²) in [6.45, 7) is 4.30. The Bertz CT molecular complexity index is 1130. The Morgan fingerprint density at radius 1 is 1.21 bits per heavy atom. The van der Waals surface area contributed by atoms with Crippen LogP contribution in [0.3, 0.4) is 0 Å². The van der Waals surface area contributed by atoms with Crippen molar-refractivity contribution < 1.29 is 29.0 Å². The van der Waals surface area contributed by atoms with Crippen LogP contribution in [0.2, 0.25) is 0 Å². The molecule has 7 aliphatic rings. The number of thioether (sulfide) groups is 1. The largest absolute Gasteiger partial charge is 0.769 e. The van der Waals surface area contributed by atoms with Crippen LogP contribution in [-0.4, -0.2) is 36.8 Å². The van der Waals surface area contributed by atoms with Gasteiger partial charge in [0.15, 0.2) is 6.23 Å². The zero-order valence-electron chi connectivity index (χ0n) is 25.8. The molecule has 0 saturated carbocycles. The van der Waals surface area contributed by atoms with Gasteiger partial charge in [-0.05, 0) is 48.1 Å². The van der Waals surface area contributed by atoms with Crippen molar-refractivity contribution in [3.8, 4) is 0 Å². The molecule has 1 radical (unpaired) electrons. The summed E-state index contributed by atoms with van der Waals surface area (Å²) in [5.74, 6) is 4.80. The van der Waals surface area contributed by atoms with Crippen LogP contribution in [-0.2, 0) is 24.8 Å². The van der Waals surface area contributed by atoms with E-state index in [1.165, 1.54) is 53.2 Å². The molecule has 0 bridgehead atoms. The SMILES string of the molecule is C[C@H]1CC=C(C2=[C-]CCCC2)[N-]C1.[2H]C([2H])([2H])C1=NC2OC3=C(C4[N-]CC=C5SCC(C)[C@@H]54)[CH-]CC[C@H]3C2CC1.[Ir]. The molecule has 0 aromatic carbocycles. The van der Waals surface area contributed by atoms with E-state index in [2.05, 4.69) is 48.8 Å². The second-order valence-corrected chi connectivity index (χ2v) is 13.0. The predicted molar refractivity (Wildman–Crippen MR) is 155 cm³/mol. The van der Waals surface area contributed by atoms with E-state index in [9.17, 15) is 0 Å². The van der Waals surface area contributed by atoms with Crippen LogP contribution < -0.4 is 0 Å². The molecule has 4 unspecified atom stereocenters. The maximum atomic E-state index is 7.69. The molecule has 5 heterocycles. The van der Waals surface area contributed by atoms with E-state index in [-0.39, 0.29) is 32.4 Å². The molecular formula is C32H43IrN3OS-4. The molecule has 0 N–H and O–H groups in total. The molecular weight excluding hydrogens is 667 g/mol. The van der Waals surface area contributed by atoms with E-state index in [1.807, 2.05) is 11.8 Å². The monoisotopic (exact) mass is 713 g/mol. The Hall–Kier alpha value is -0.941. The standard InChI is InChI=1S/C20H26N2OS.C12H17N.Ir/c1-11-10-24-16-8-9-21-18(17(11)16)15-5-3-4-13-14-7-6-12(2)22-20(14)23-19(13)15;1-10-7-8-12(13-9-10)11-5-3-2-4-6-11;/h5,8,11,13-14,17-18,20H,3-4,6-7,9-10H2,1-2H3;8,10H,2-5,7,9H2,1H3;/q2*-2;/t11?,13-,14?,17-,18?,20?;10-;/m00./s1/i2D3;;. The van der Waals surface area contributed by atoms with E-state index in [0.29, 0.717) is 35.8 Å². The van der Waals surface area contributed by atoms with Gasteiger partial charge in [-0.15, -0.1) is 43.7 Å². The molecule has 38 heavy (non-hydrogen) atoms. The molecule has 7 rings (SSSR count). The van der Waals surface area contributed by atoms with Gasteiger partial charge in [-0.25, -0.2) is 12.0 Å². The average molecular weight is 713 g/mol. The Kier molecular flexibility index (Phi) is 8.30. The zero-order chi connectivity index (χ0) is 27.9. The van der Waals surface area contributed by atoms with E-state index in [0.717, 1.165) is 50.4 Å². The Balaban J connectivity index is 0.000000204. The summed E-state index contributed by atoms with van der Waals surface area (Å²) >= 11 is 1.99.